The topological polar surface area (TPSA) is 73.1 Å². The summed E-state index contributed by atoms with van der Waals surface area (Å²) >= 11 is 7.29. The quantitative estimate of drug-likeness (QED) is 0.390. The molecule has 0 N–H and O–H groups in total. The molecule has 7 nitrogen and oxygen atoms in total. The number of hydrogen-bond donors (Lipinski definition) is 0. The van der Waals surface area contributed by atoms with Gasteiger partial charge < -0.3 is 4.74 Å². The Kier molecular flexibility index (Phi) is 5.78. The highest BCUT2D eigenvalue weighted by atomic mass is 35.5. The molecule has 0 spiro atoms. The average Bonchev–Trinajstić information content (AvgIpc) is 3.39. The van der Waals surface area contributed by atoms with Gasteiger partial charge in [-0.3, -0.25) is 9.69 Å². The van der Waals surface area contributed by atoms with Gasteiger partial charge >= 0.3 is 6.18 Å². The zero-order chi connectivity index (χ0) is 23.0. The van der Waals surface area contributed by atoms with E-state index in [4.69, 9.17) is 16.3 Å². The molecule has 32 heavy (non-hydrogen) atoms. The molecule has 0 saturated carbocycles. The number of amides is 1. The van der Waals surface area contributed by atoms with Gasteiger partial charge in [0, 0.05) is 18.8 Å². The summed E-state index contributed by atoms with van der Waals surface area (Å²) in [4.78, 5) is 18.8. The predicted octanol–water partition coefficient (Wildman–Crippen LogP) is 5.22. The lowest BCUT2D eigenvalue weighted by Crippen LogP contribution is -2.32. The van der Waals surface area contributed by atoms with Crippen molar-refractivity contribution in [1.82, 2.24) is 19.1 Å². The lowest BCUT2D eigenvalue weighted by molar-refractivity contribution is -0.141. The number of benzene rings is 1. The van der Waals surface area contributed by atoms with Crippen LogP contribution in [0.5, 0.6) is 5.75 Å². The summed E-state index contributed by atoms with van der Waals surface area (Å²) in [5.74, 6) is -0.0572. The Bertz CT molecular complexity index is 1300. The molecule has 3 heterocycles. The fourth-order valence-electron chi connectivity index (χ4n) is 3.19. The van der Waals surface area contributed by atoms with Crippen molar-refractivity contribution in [3.8, 4) is 11.6 Å². The van der Waals surface area contributed by atoms with Crippen LogP contribution in [-0.4, -0.2) is 38.7 Å². The Morgan fingerprint density at radius 1 is 1.28 bits per heavy atom. The highest BCUT2D eigenvalue weighted by Gasteiger charge is 2.37. The molecule has 0 radical (unpaired) electrons. The second-order valence-electron chi connectivity index (χ2n) is 6.52. The second-order valence-corrected chi connectivity index (χ2v) is 7.73. The molecule has 1 aromatic carbocycles. The maximum absolute atomic E-state index is 13.5. The third-order valence-electron chi connectivity index (χ3n) is 4.64. The minimum Gasteiger partial charge on any atom is -0.496 e. The molecular weight excluding hydrogens is 467 g/mol. The number of aromatic nitrogens is 4. The monoisotopic (exact) mass is 481 g/mol. The third-order valence-corrected chi connectivity index (χ3v) is 5.73. The van der Waals surface area contributed by atoms with Crippen LogP contribution in [0, 0.1) is 0 Å². The first-order valence-electron chi connectivity index (χ1n) is 9.28. The van der Waals surface area contributed by atoms with E-state index < -0.39 is 17.8 Å². The Morgan fingerprint density at radius 2 is 2.06 bits per heavy atom. The van der Waals surface area contributed by atoms with Crippen molar-refractivity contribution < 1.29 is 22.7 Å². The number of carbonyl (C=O) groups excluding carboxylic acids is 1. The van der Waals surface area contributed by atoms with E-state index >= 15 is 0 Å². The molecule has 1 amide bonds. The van der Waals surface area contributed by atoms with Gasteiger partial charge in [0.05, 0.1) is 22.2 Å². The molecule has 0 bridgehead atoms. The fraction of sp³-hybridized carbons (Fsp3) is 0.200. The normalized spacial score (nSPS) is 11.7. The smallest absolute Gasteiger partial charge is 0.435 e. The molecule has 4 aromatic rings. The number of hydrogen-bond acceptors (Lipinski definition) is 6. The van der Waals surface area contributed by atoms with Crippen LogP contribution in [0.2, 0.25) is 5.02 Å². The summed E-state index contributed by atoms with van der Waals surface area (Å²) in [6, 6.07) is 8.98. The largest absolute Gasteiger partial charge is 0.496 e. The Hall–Kier alpha value is -3.18. The average molecular weight is 482 g/mol. The number of halogens is 4. The molecule has 3 aromatic heterocycles. The molecule has 4 rings (SSSR count). The van der Waals surface area contributed by atoms with Gasteiger partial charge in [0.1, 0.15) is 11.4 Å². The molecule has 12 heteroatoms. The van der Waals surface area contributed by atoms with E-state index in [0.717, 1.165) is 20.9 Å². The molecule has 0 unspecified atom stereocenters. The first-order valence-corrected chi connectivity index (χ1v) is 10.4. The summed E-state index contributed by atoms with van der Waals surface area (Å²) in [5, 5.41) is 4.22. The second kappa shape index (κ2) is 8.40. The van der Waals surface area contributed by atoms with Crippen LogP contribution in [0.25, 0.3) is 15.9 Å². The third kappa shape index (κ3) is 3.78. The molecule has 166 valence electrons. The van der Waals surface area contributed by atoms with Gasteiger partial charge in [-0.15, -0.1) is 0 Å². The van der Waals surface area contributed by atoms with Gasteiger partial charge in [-0.25, -0.2) is 9.67 Å². The van der Waals surface area contributed by atoms with E-state index in [1.54, 1.807) is 19.1 Å². The maximum Gasteiger partial charge on any atom is 0.435 e. The van der Waals surface area contributed by atoms with E-state index in [0.29, 0.717) is 17.2 Å². The number of rotatable bonds is 5. The Morgan fingerprint density at radius 3 is 2.72 bits per heavy atom. The van der Waals surface area contributed by atoms with Crippen molar-refractivity contribution in [3.63, 3.8) is 0 Å². The van der Waals surface area contributed by atoms with Gasteiger partial charge in [0.25, 0.3) is 5.91 Å². The van der Waals surface area contributed by atoms with Crippen LogP contribution in [0.15, 0.2) is 42.6 Å². The molecule has 0 aliphatic carbocycles. The summed E-state index contributed by atoms with van der Waals surface area (Å²) in [6.07, 6.45) is -3.42. The first kappa shape index (κ1) is 22.0. The number of carbonyl (C=O) groups is 1. The SMILES string of the molecule is CCN(C(=O)c1cc(C(F)(F)F)nn1-c1ncccc1Cl)c1nsc2cccc(OC)c12. The van der Waals surface area contributed by atoms with Crippen LogP contribution in [0.1, 0.15) is 23.1 Å². The number of fused-ring (bicyclic) bond motifs is 1. The van der Waals surface area contributed by atoms with Crippen molar-refractivity contribution in [1.29, 1.82) is 0 Å². The number of ether oxygens (including phenoxy) is 1. The lowest BCUT2D eigenvalue weighted by atomic mass is 10.2. The van der Waals surface area contributed by atoms with E-state index in [-0.39, 0.29) is 28.9 Å². The standard InChI is InChI=1S/C20H15ClF3N5O2S/c1-3-28(18-16-13(31-2)7-4-8-14(16)32-27-18)19(30)12-10-15(20(22,23)24)26-29(12)17-11(21)6-5-9-25-17/h4-10H,3H2,1-2H3. The van der Waals surface area contributed by atoms with Gasteiger partial charge in [-0.1, -0.05) is 17.7 Å². The summed E-state index contributed by atoms with van der Waals surface area (Å²) in [5.41, 5.74) is -1.59. The molecule has 0 fully saturated rings. The van der Waals surface area contributed by atoms with Gasteiger partial charge in [0.15, 0.2) is 17.3 Å². The van der Waals surface area contributed by atoms with Crippen LogP contribution >= 0.6 is 23.1 Å². The van der Waals surface area contributed by atoms with E-state index in [1.807, 2.05) is 6.07 Å². The summed E-state index contributed by atoms with van der Waals surface area (Å²) in [6.45, 7) is 1.83. The van der Waals surface area contributed by atoms with E-state index in [9.17, 15) is 18.0 Å². The fourth-order valence-corrected chi connectivity index (χ4v) is 4.19. The van der Waals surface area contributed by atoms with Crippen LogP contribution < -0.4 is 9.64 Å². The number of alkyl halides is 3. The zero-order valence-corrected chi connectivity index (χ0v) is 18.3. The highest BCUT2D eigenvalue weighted by Crippen LogP contribution is 2.38. The van der Waals surface area contributed by atoms with Crippen molar-refractivity contribution in [2.24, 2.45) is 0 Å². The minimum atomic E-state index is -4.77. The lowest BCUT2D eigenvalue weighted by Gasteiger charge is -2.20. The number of pyridine rings is 1. The van der Waals surface area contributed by atoms with Crippen molar-refractivity contribution >= 4 is 44.9 Å². The Balaban J connectivity index is 1.89. The molecule has 0 atom stereocenters. The predicted molar refractivity (Wildman–Crippen MR) is 115 cm³/mol. The summed E-state index contributed by atoms with van der Waals surface area (Å²) < 4.78 is 51.7. The number of nitrogens with zero attached hydrogens (tertiary/aromatic N) is 5. The van der Waals surface area contributed by atoms with Crippen molar-refractivity contribution in [2.75, 3.05) is 18.6 Å². The van der Waals surface area contributed by atoms with Crippen molar-refractivity contribution in [2.45, 2.75) is 13.1 Å². The molecule has 0 aliphatic heterocycles. The van der Waals surface area contributed by atoms with Crippen LogP contribution in [-0.2, 0) is 6.18 Å². The Labute approximate surface area is 189 Å². The number of anilines is 1. The molecular formula is C20H15ClF3N5O2S. The number of methoxy groups -OCH3 is 1. The maximum atomic E-state index is 13.5. The first-order chi connectivity index (χ1) is 15.3. The zero-order valence-electron chi connectivity index (χ0n) is 16.7. The molecule has 0 saturated heterocycles. The minimum absolute atomic E-state index is 0.0437. The molecule has 0 aliphatic rings. The van der Waals surface area contributed by atoms with Crippen molar-refractivity contribution in [3.05, 3.63) is 59.0 Å². The van der Waals surface area contributed by atoms with Gasteiger partial charge in [0.2, 0.25) is 0 Å². The summed E-state index contributed by atoms with van der Waals surface area (Å²) in [7, 11) is 1.49. The van der Waals surface area contributed by atoms with E-state index in [2.05, 4.69) is 14.5 Å². The highest BCUT2D eigenvalue weighted by molar-refractivity contribution is 7.13. The van der Waals surface area contributed by atoms with Gasteiger partial charge in [-0.2, -0.15) is 22.6 Å². The van der Waals surface area contributed by atoms with Gasteiger partial charge in [-0.05, 0) is 42.7 Å². The van der Waals surface area contributed by atoms with Crippen LogP contribution in [0.3, 0.4) is 0 Å². The van der Waals surface area contributed by atoms with Crippen LogP contribution in [0.4, 0.5) is 19.0 Å². The van der Waals surface area contributed by atoms with E-state index in [1.165, 1.54) is 30.3 Å².